The van der Waals surface area contributed by atoms with Gasteiger partial charge in [-0.25, -0.2) is 0 Å². The Labute approximate surface area is 273 Å². The summed E-state index contributed by atoms with van der Waals surface area (Å²) in [6.07, 6.45) is 0. The van der Waals surface area contributed by atoms with Crippen LogP contribution in [0.2, 0.25) is 0 Å². The third-order valence-electron chi connectivity index (χ3n) is 7.54. The molecule has 0 fully saturated rings. The fraction of sp³-hybridized carbons (Fsp3) is 0.132. The van der Waals surface area contributed by atoms with Crippen molar-refractivity contribution in [2.24, 2.45) is 5.10 Å². The van der Waals surface area contributed by atoms with E-state index in [9.17, 15) is 0 Å². The fourth-order valence-electron chi connectivity index (χ4n) is 5.25. The maximum atomic E-state index is 5.07. The molecule has 0 aliphatic carbocycles. The zero-order valence-corrected chi connectivity index (χ0v) is 28.5. The van der Waals surface area contributed by atoms with Crippen molar-refractivity contribution < 1.29 is 17.0 Å². The van der Waals surface area contributed by atoms with Crippen molar-refractivity contribution in [2.75, 3.05) is 38.0 Å². The number of allylic oxidation sites excluding steroid dienone is 1. The number of hydrazone groups is 1. The Morgan fingerprint density at radius 2 is 0.886 bits per heavy atom. The van der Waals surface area contributed by atoms with E-state index >= 15 is 0 Å². The summed E-state index contributed by atoms with van der Waals surface area (Å²) < 4.78 is 0. The Balaban J connectivity index is 0.00000442. The van der Waals surface area contributed by atoms with Crippen LogP contribution in [-0.2, 0) is 0 Å². The van der Waals surface area contributed by atoms with E-state index in [1.54, 1.807) is 0 Å². The highest BCUT2D eigenvalue weighted by atomic mass is 79.9. The lowest BCUT2D eigenvalue weighted by Crippen LogP contribution is -3.00. The topological polar surface area (TPSA) is 30.9 Å². The van der Waals surface area contributed by atoms with Crippen molar-refractivity contribution in [3.05, 3.63) is 162 Å². The largest absolute Gasteiger partial charge is 1.00 e. The predicted molar refractivity (Wildman–Crippen MR) is 189 cm³/mol. The van der Waals surface area contributed by atoms with Gasteiger partial charge in [-0.1, -0.05) is 78.9 Å². The lowest BCUT2D eigenvalue weighted by molar-refractivity contribution is -0.00000864. The molecule has 4 nitrogen and oxygen atoms in total. The number of hydrogen-bond acceptors (Lipinski definition) is 4. The summed E-state index contributed by atoms with van der Waals surface area (Å²) in [4.78, 5) is 4.22. The summed E-state index contributed by atoms with van der Waals surface area (Å²) in [5, 5.41) is 8.97. The van der Waals surface area contributed by atoms with Crippen LogP contribution in [0.4, 0.5) is 11.4 Å². The normalized spacial score (nSPS) is 11.2. The number of hydrogen-bond donors (Lipinski definition) is 1. The summed E-state index contributed by atoms with van der Waals surface area (Å²) in [6, 6.07) is 49.7. The summed E-state index contributed by atoms with van der Waals surface area (Å²) in [5.41, 5.74) is 9.78. The molecular weight excluding hydrogens is 623 g/mol. The van der Waals surface area contributed by atoms with Crippen molar-refractivity contribution in [1.82, 2.24) is 5.43 Å². The highest BCUT2D eigenvalue weighted by Crippen LogP contribution is 2.57. The molecule has 0 aromatic heterocycles. The molecule has 224 valence electrons. The van der Waals surface area contributed by atoms with Gasteiger partial charge < -0.3 is 26.8 Å². The molecule has 0 aliphatic heterocycles. The molecule has 0 bridgehead atoms. The zero-order valence-electron chi connectivity index (χ0n) is 26.0. The van der Waals surface area contributed by atoms with Crippen molar-refractivity contribution >= 4 is 40.3 Å². The quantitative estimate of drug-likeness (QED) is 0.139. The molecule has 0 unspecified atom stereocenters. The third-order valence-corrected chi connectivity index (χ3v) is 11.6. The van der Waals surface area contributed by atoms with Crippen molar-refractivity contribution in [3.8, 4) is 0 Å². The number of rotatable bonds is 10. The Bertz CT molecular complexity index is 1520. The number of nitrogens with zero attached hydrogens (tertiary/aromatic N) is 3. The van der Waals surface area contributed by atoms with Crippen LogP contribution in [-0.4, -0.2) is 33.9 Å². The van der Waals surface area contributed by atoms with Crippen LogP contribution in [0, 0.1) is 0 Å². The molecule has 0 heterocycles. The second kappa shape index (κ2) is 15.0. The van der Waals surface area contributed by atoms with Crippen LogP contribution in [0.3, 0.4) is 0 Å². The first-order valence-corrected chi connectivity index (χ1v) is 16.4. The van der Waals surface area contributed by atoms with E-state index < -0.39 is 7.26 Å². The molecule has 1 N–H and O–H groups in total. The van der Waals surface area contributed by atoms with Gasteiger partial charge in [0.2, 0.25) is 0 Å². The van der Waals surface area contributed by atoms with Crippen LogP contribution in [0.15, 0.2) is 156 Å². The predicted octanol–water partition coefficient (Wildman–Crippen LogP) is 4.02. The summed E-state index contributed by atoms with van der Waals surface area (Å²) >= 11 is 0. The standard InChI is InChI=1S/C38H40N4P.BrH/c1-30(29-43(35-15-9-6-10-16-35,36-17-11-7-12-18-36)37-19-13-8-14-20-37)39-40-38(31-21-25-33(26-22-31)41(2)3)32-23-27-34(28-24-32)42(4)5;/h6-29,39H,1-5H3;1H/q+1;/p-1/b30-29+;. The van der Waals surface area contributed by atoms with Crippen LogP contribution in [0.1, 0.15) is 18.1 Å². The smallest absolute Gasteiger partial charge is 0.138 e. The summed E-state index contributed by atoms with van der Waals surface area (Å²) in [7, 11) is 6.07. The van der Waals surface area contributed by atoms with Gasteiger partial charge in [0, 0.05) is 50.7 Å². The molecule has 6 heteroatoms. The number of halogens is 1. The van der Waals surface area contributed by atoms with Gasteiger partial charge in [0.1, 0.15) is 23.2 Å². The Morgan fingerprint density at radius 3 is 1.20 bits per heavy atom. The Hall–Kier alpha value is -4.18. The molecule has 0 radical (unpaired) electrons. The first kappa shape index (κ1) is 32.7. The SMILES string of the molecule is C/C(=C\[P+](c1ccccc1)(c1ccccc1)c1ccccc1)NN=C(c1ccc(N(C)C)cc1)c1ccc(N(C)C)cc1.[Br-]. The summed E-state index contributed by atoms with van der Waals surface area (Å²) in [6.45, 7) is 2.12. The molecule has 5 aromatic carbocycles. The van der Waals surface area contributed by atoms with E-state index in [2.05, 4.69) is 196 Å². The molecule has 44 heavy (non-hydrogen) atoms. The van der Waals surface area contributed by atoms with E-state index in [0.717, 1.165) is 33.9 Å². The minimum Gasteiger partial charge on any atom is -1.00 e. The van der Waals surface area contributed by atoms with Crippen LogP contribution < -0.4 is 48.1 Å². The highest BCUT2D eigenvalue weighted by Gasteiger charge is 2.43. The van der Waals surface area contributed by atoms with Crippen LogP contribution >= 0.6 is 7.26 Å². The van der Waals surface area contributed by atoms with Gasteiger partial charge in [0.15, 0.2) is 0 Å². The highest BCUT2D eigenvalue weighted by molar-refractivity contribution is 7.98. The van der Waals surface area contributed by atoms with Gasteiger partial charge in [0.05, 0.1) is 17.2 Å². The monoisotopic (exact) mass is 662 g/mol. The van der Waals surface area contributed by atoms with E-state index in [0.29, 0.717) is 0 Å². The lowest BCUT2D eigenvalue weighted by atomic mass is 10.0. The molecule has 0 spiro atoms. The minimum atomic E-state index is -2.15. The molecule has 5 rings (SSSR count). The molecule has 0 saturated carbocycles. The number of benzene rings is 5. The third kappa shape index (κ3) is 7.30. The molecule has 0 atom stereocenters. The molecule has 0 aliphatic rings. The molecule has 0 amide bonds. The zero-order chi connectivity index (χ0) is 30.2. The minimum absolute atomic E-state index is 0. The van der Waals surface area contributed by atoms with Crippen molar-refractivity contribution in [1.29, 1.82) is 0 Å². The maximum absolute atomic E-state index is 5.07. The average molecular weight is 664 g/mol. The average Bonchev–Trinajstić information content (AvgIpc) is 3.05. The van der Waals surface area contributed by atoms with E-state index in [1.165, 1.54) is 15.9 Å². The fourth-order valence-corrected chi connectivity index (χ4v) is 9.16. The van der Waals surface area contributed by atoms with Gasteiger partial charge in [-0.2, -0.15) is 5.10 Å². The second-order valence-electron chi connectivity index (χ2n) is 11.0. The second-order valence-corrected chi connectivity index (χ2v) is 14.2. The summed E-state index contributed by atoms with van der Waals surface area (Å²) in [5.74, 6) is 2.42. The molecule has 5 aromatic rings. The van der Waals surface area contributed by atoms with Gasteiger partial charge in [-0.05, 0) is 67.6 Å². The number of anilines is 2. The van der Waals surface area contributed by atoms with E-state index in [1.807, 2.05) is 0 Å². The lowest BCUT2D eigenvalue weighted by Gasteiger charge is -2.24. The van der Waals surface area contributed by atoms with E-state index in [4.69, 9.17) is 5.10 Å². The van der Waals surface area contributed by atoms with Gasteiger partial charge in [0.25, 0.3) is 0 Å². The van der Waals surface area contributed by atoms with Gasteiger partial charge in [-0.15, -0.1) is 0 Å². The van der Waals surface area contributed by atoms with Crippen molar-refractivity contribution in [3.63, 3.8) is 0 Å². The van der Waals surface area contributed by atoms with Crippen LogP contribution in [0.5, 0.6) is 0 Å². The molecular formula is C38H40BrN4P. The Morgan fingerprint density at radius 1 is 0.545 bits per heavy atom. The van der Waals surface area contributed by atoms with Gasteiger partial charge in [-0.3, -0.25) is 5.43 Å². The molecule has 0 saturated heterocycles. The van der Waals surface area contributed by atoms with Gasteiger partial charge >= 0.3 is 0 Å². The first-order valence-electron chi connectivity index (χ1n) is 14.5. The number of nitrogens with one attached hydrogen (secondary N) is 1. The van der Waals surface area contributed by atoms with E-state index in [-0.39, 0.29) is 17.0 Å². The van der Waals surface area contributed by atoms with Crippen LogP contribution in [0.25, 0.3) is 0 Å². The Kier molecular flexibility index (Phi) is 11.2. The first-order chi connectivity index (χ1) is 20.9. The maximum Gasteiger partial charge on any atom is 0.138 e. The van der Waals surface area contributed by atoms with Crippen molar-refractivity contribution in [2.45, 2.75) is 6.92 Å².